The minimum absolute atomic E-state index is 0.664. The van der Waals surface area contributed by atoms with Crippen molar-refractivity contribution >= 4 is 17.3 Å². The average Bonchev–Trinajstić information content (AvgIpc) is 2.53. The predicted octanol–water partition coefficient (Wildman–Crippen LogP) is 4.37. The second kappa shape index (κ2) is 7.12. The van der Waals surface area contributed by atoms with Crippen LogP contribution in [0.1, 0.15) is 11.1 Å². The summed E-state index contributed by atoms with van der Waals surface area (Å²) in [6.45, 7) is 0. The zero-order valence-electron chi connectivity index (χ0n) is 12.3. The molecule has 0 spiro atoms. The number of nitrogens with zero attached hydrogens (tertiary/aromatic N) is 2. The Kier molecular flexibility index (Phi) is 4.95. The number of allylic oxidation sites excluding steroid dienone is 3. The lowest BCUT2D eigenvalue weighted by molar-refractivity contribution is 1.13. The van der Waals surface area contributed by atoms with Crippen LogP contribution in [0, 0.1) is 11.3 Å². The van der Waals surface area contributed by atoms with E-state index < -0.39 is 0 Å². The van der Waals surface area contributed by atoms with Crippen molar-refractivity contribution in [3.8, 4) is 6.07 Å². The van der Waals surface area contributed by atoms with Crippen LogP contribution in [0.3, 0.4) is 0 Å². The summed E-state index contributed by atoms with van der Waals surface area (Å²) >= 11 is 0. The molecule has 0 aromatic heterocycles. The summed E-state index contributed by atoms with van der Waals surface area (Å²) in [5, 5.41) is 9.22. The van der Waals surface area contributed by atoms with Gasteiger partial charge in [0.15, 0.2) is 0 Å². The van der Waals surface area contributed by atoms with Gasteiger partial charge in [-0.15, -0.1) is 0 Å². The lowest BCUT2D eigenvalue weighted by atomic mass is 10.1. The zero-order chi connectivity index (χ0) is 15.1. The molecule has 0 fully saturated rings. The molecule has 0 N–H and O–H groups in total. The highest BCUT2D eigenvalue weighted by Crippen LogP contribution is 2.15. The Hall–Kier alpha value is -2.79. The summed E-state index contributed by atoms with van der Waals surface area (Å²) in [6, 6.07) is 20.2. The molecule has 0 saturated carbocycles. The predicted molar refractivity (Wildman–Crippen MR) is 89.8 cm³/mol. The minimum Gasteiger partial charge on any atom is -0.378 e. The molecule has 2 aromatic rings. The first-order chi connectivity index (χ1) is 10.2. The molecule has 104 valence electrons. The maximum absolute atomic E-state index is 9.22. The zero-order valence-corrected chi connectivity index (χ0v) is 12.3. The lowest BCUT2D eigenvalue weighted by Gasteiger charge is -2.11. The summed E-state index contributed by atoms with van der Waals surface area (Å²) in [5.41, 5.74) is 3.89. The summed E-state index contributed by atoms with van der Waals surface area (Å²) in [7, 11) is 4.04. The maximum Gasteiger partial charge on any atom is 0.0997 e. The van der Waals surface area contributed by atoms with Gasteiger partial charge < -0.3 is 4.90 Å². The molecule has 21 heavy (non-hydrogen) atoms. The molecule has 0 heterocycles. The van der Waals surface area contributed by atoms with Crippen molar-refractivity contribution in [2.24, 2.45) is 0 Å². The smallest absolute Gasteiger partial charge is 0.0997 e. The normalized spacial score (nSPS) is 11.4. The molecule has 2 heteroatoms. The molecule has 0 bridgehead atoms. The molecule has 0 aliphatic carbocycles. The number of hydrogen-bond donors (Lipinski definition) is 0. The molecule has 0 aliphatic heterocycles. The van der Waals surface area contributed by atoms with Gasteiger partial charge in [0.25, 0.3) is 0 Å². The van der Waals surface area contributed by atoms with Gasteiger partial charge in [0, 0.05) is 19.8 Å². The monoisotopic (exact) mass is 274 g/mol. The van der Waals surface area contributed by atoms with E-state index >= 15 is 0 Å². The number of benzene rings is 2. The van der Waals surface area contributed by atoms with E-state index in [0.29, 0.717) is 5.57 Å². The Balaban J connectivity index is 2.13. The third-order valence-corrected chi connectivity index (χ3v) is 3.17. The van der Waals surface area contributed by atoms with Gasteiger partial charge in [-0.3, -0.25) is 0 Å². The van der Waals surface area contributed by atoms with Gasteiger partial charge in [-0.2, -0.15) is 5.26 Å². The summed E-state index contributed by atoms with van der Waals surface area (Å²) in [6.07, 6.45) is 5.76. The highest BCUT2D eigenvalue weighted by atomic mass is 15.1. The standard InChI is InChI=1S/C19H18N2/c1-21(2)19-13-11-16(12-14-19)7-6-10-18(15-20)17-8-4-3-5-9-17/h3-14H,1-2H3/b7-6-,18-10+. The minimum atomic E-state index is 0.664. The summed E-state index contributed by atoms with van der Waals surface area (Å²) in [5.74, 6) is 0. The highest BCUT2D eigenvalue weighted by Gasteiger charge is 1.97. The Labute approximate surface area is 126 Å². The van der Waals surface area contributed by atoms with Gasteiger partial charge in [-0.1, -0.05) is 54.6 Å². The molecule has 2 aromatic carbocycles. The summed E-state index contributed by atoms with van der Waals surface area (Å²) < 4.78 is 0. The average molecular weight is 274 g/mol. The number of hydrogen-bond acceptors (Lipinski definition) is 2. The molecule has 0 aliphatic rings. The number of nitriles is 1. The molecular formula is C19H18N2. The first-order valence-electron chi connectivity index (χ1n) is 6.82. The largest absolute Gasteiger partial charge is 0.378 e. The van der Waals surface area contributed by atoms with Gasteiger partial charge >= 0.3 is 0 Å². The fraction of sp³-hybridized carbons (Fsp3) is 0.105. The Morgan fingerprint density at radius 2 is 1.67 bits per heavy atom. The van der Waals surface area contributed by atoms with E-state index in [2.05, 4.69) is 35.2 Å². The molecule has 0 radical (unpaired) electrons. The van der Waals surface area contributed by atoms with Crippen LogP contribution in [-0.4, -0.2) is 14.1 Å². The fourth-order valence-electron chi connectivity index (χ4n) is 1.95. The van der Waals surface area contributed by atoms with Crippen molar-refractivity contribution in [2.75, 3.05) is 19.0 Å². The van der Waals surface area contributed by atoms with Crippen molar-refractivity contribution in [2.45, 2.75) is 0 Å². The van der Waals surface area contributed by atoms with E-state index in [1.807, 2.05) is 62.7 Å². The van der Waals surface area contributed by atoms with Crippen LogP contribution in [0.4, 0.5) is 5.69 Å². The molecule has 2 rings (SSSR count). The highest BCUT2D eigenvalue weighted by molar-refractivity contribution is 5.78. The van der Waals surface area contributed by atoms with Crippen molar-refractivity contribution in [3.63, 3.8) is 0 Å². The Bertz CT molecular complexity index is 672. The van der Waals surface area contributed by atoms with Crippen LogP contribution in [0.2, 0.25) is 0 Å². The summed E-state index contributed by atoms with van der Waals surface area (Å²) in [4.78, 5) is 2.07. The first-order valence-corrected chi connectivity index (χ1v) is 6.82. The fourth-order valence-corrected chi connectivity index (χ4v) is 1.95. The topological polar surface area (TPSA) is 27.0 Å². The van der Waals surface area contributed by atoms with Crippen molar-refractivity contribution in [3.05, 3.63) is 77.9 Å². The van der Waals surface area contributed by atoms with E-state index in [1.165, 1.54) is 5.69 Å². The van der Waals surface area contributed by atoms with Crippen molar-refractivity contribution in [1.82, 2.24) is 0 Å². The molecule has 0 unspecified atom stereocenters. The SMILES string of the molecule is CN(C)c1ccc(/C=C\C=C(/C#N)c2ccccc2)cc1. The van der Waals surface area contributed by atoms with E-state index in [0.717, 1.165) is 11.1 Å². The van der Waals surface area contributed by atoms with E-state index in [-0.39, 0.29) is 0 Å². The van der Waals surface area contributed by atoms with Crippen LogP contribution >= 0.6 is 0 Å². The van der Waals surface area contributed by atoms with Gasteiger partial charge in [-0.25, -0.2) is 0 Å². The molecule has 0 saturated heterocycles. The third-order valence-electron chi connectivity index (χ3n) is 3.17. The van der Waals surface area contributed by atoms with Crippen molar-refractivity contribution < 1.29 is 0 Å². The maximum atomic E-state index is 9.22. The van der Waals surface area contributed by atoms with Gasteiger partial charge in [-0.05, 0) is 29.3 Å². The second-order valence-electron chi connectivity index (χ2n) is 4.90. The third kappa shape index (κ3) is 4.09. The van der Waals surface area contributed by atoms with E-state index in [9.17, 15) is 5.26 Å². The number of rotatable bonds is 4. The Morgan fingerprint density at radius 1 is 1.00 bits per heavy atom. The van der Waals surface area contributed by atoms with Crippen LogP contribution in [0.25, 0.3) is 11.6 Å². The van der Waals surface area contributed by atoms with Crippen LogP contribution in [-0.2, 0) is 0 Å². The molecule has 0 atom stereocenters. The van der Waals surface area contributed by atoms with Crippen LogP contribution in [0.15, 0.2) is 66.7 Å². The number of anilines is 1. The quantitative estimate of drug-likeness (QED) is 0.611. The van der Waals surface area contributed by atoms with Gasteiger partial charge in [0.05, 0.1) is 11.6 Å². The lowest BCUT2D eigenvalue weighted by Crippen LogP contribution is -2.07. The van der Waals surface area contributed by atoms with E-state index in [1.54, 1.807) is 0 Å². The molecule has 2 nitrogen and oxygen atoms in total. The van der Waals surface area contributed by atoms with E-state index in [4.69, 9.17) is 0 Å². The molecular weight excluding hydrogens is 256 g/mol. The van der Waals surface area contributed by atoms with Gasteiger partial charge in [0.2, 0.25) is 0 Å². The van der Waals surface area contributed by atoms with Gasteiger partial charge in [0.1, 0.15) is 0 Å². The van der Waals surface area contributed by atoms with Crippen LogP contribution < -0.4 is 4.90 Å². The Morgan fingerprint density at radius 3 is 2.24 bits per heavy atom. The molecule has 0 amide bonds. The van der Waals surface area contributed by atoms with Crippen LogP contribution in [0.5, 0.6) is 0 Å². The van der Waals surface area contributed by atoms with Crippen molar-refractivity contribution in [1.29, 1.82) is 5.26 Å². The first kappa shape index (κ1) is 14.6. The second-order valence-corrected chi connectivity index (χ2v) is 4.90.